The molecule has 0 amide bonds. The summed E-state index contributed by atoms with van der Waals surface area (Å²) in [5, 5.41) is 21.3. The lowest BCUT2D eigenvalue weighted by atomic mass is 9.95. The summed E-state index contributed by atoms with van der Waals surface area (Å²) in [4.78, 5) is 27.2. The molecule has 0 radical (unpaired) electrons. The first-order valence-corrected chi connectivity index (χ1v) is 14.9. The Kier molecular flexibility index (Phi) is 6.94. The van der Waals surface area contributed by atoms with Crippen LogP contribution in [-0.4, -0.2) is 76.2 Å². The van der Waals surface area contributed by atoms with E-state index in [0.29, 0.717) is 54.6 Å². The van der Waals surface area contributed by atoms with E-state index in [9.17, 15) is 23.8 Å². The Morgan fingerprint density at radius 3 is 2.84 bits per heavy atom. The molecule has 0 bridgehead atoms. The molecular formula is C33H32F2N4O5. The maximum absolute atomic E-state index is 14.8. The maximum Gasteiger partial charge on any atom is 0.349 e. The number of benzene rings is 2. The Morgan fingerprint density at radius 2 is 2.07 bits per heavy atom. The predicted molar refractivity (Wildman–Crippen MR) is 161 cm³/mol. The fourth-order valence-electron chi connectivity index (χ4n) is 7.33. The van der Waals surface area contributed by atoms with Crippen molar-refractivity contribution in [3.8, 4) is 35.4 Å². The van der Waals surface area contributed by atoms with Crippen LogP contribution in [0.5, 0.6) is 11.8 Å². The lowest BCUT2D eigenvalue weighted by Crippen LogP contribution is -2.43. The van der Waals surface area contributed by atoms with Gasteiger partial charge in [-0.15, -0.1) is 6.42 Å². The SMILES string of the molecule is C#Cc1c(F)ccc2cc(O)cc(-c3oc(=O)c4c(N5CC[C@H](CO)C5)nc(OC[C@@]56CCCN5C[C@H](F)C6)nc4c3C)c12. The summed E-state index contributed by atoms with van der Waals surface area (Å²) in [6.45, 7) is 4.14. The molecule has 3 aliphatic heterocycles. The number of hydrogen-bond donors (Lipinski definition) is 2. The van der Waals surface area contributed by atoms with E-state index in [0.717, 1.165) is 19.4 Å². The standard InChI is InChI=1S/C33H32F2N4O5/c1-3-23-25(35)6-5-20-11-22(41)12-24(26(20)23)29-18(2)28-27(31(42)44-29)30(38-10-7-19(14-38)16-40)37-32(36-28)43-17-33-8-4-9-39(33)15-21(34)13-33/h1,5-6,11-12,19,21,40-41H,4,7-10,13-17H2,2H3/t19-,21+,33-/m0/s1. The van der Waals surface area contributed by atoms with Crippen molar-refractivity contribution in [1.29, 1.82) is 0 Å². The van der Waals surface area contributed by atoms with Gasteiger partial charge in [-0.05, 0) is 56.3 Å². The quantitative estimate of drug-likeness (QED) is 0.312. The van der Waals surface area contributed by atoms with Gasteiger partial charge in [-0.2, -0.15) is 9.97 Å². The number of halogens is 2. The second-order valence-corrected chi connectivity index (χ2v) is 12.2. The van der Waals surface area contributed by atoms with E-state index in [2.05, 4.69) is 20.8 Å². The average molecular weight is 603 g/mol. The highest BCUT2D eigenvalue weighted by Gasteiger charge is 2.49. The first-order valence-electron chi connectivity index (χ1n) is 14.9. The van der Waals surface area contributed by atoms with E-state index in [1.807, 2.05) is 4.90 Å². The lowest BCUT2D eigenvalue weighted by Gasteiger charge is -2.31. The molecule has 3 atom stereocenters. The van der Waals surface area contributed by atoms with Gasteiger partial charge in [-0.25, -0.2) is 13.6 Å². The van der Waals surface area contributed by atoms with Crippen molar-refractivity contribution in [1.82, 2.24) is 14.9 Å². The van der Waals surface area contributed by atoms with Gasteiger partial charge in [0.2, 0.25) is 0 Å². The second-order valence-electron chi connectivity index (χ2n) is 12.2. The number of aliphatic hydroxyl groups excluding tert-OH is 1. The molecule has 2 N–H and O–H groups in total. The molecule has 2 aromatic carbocycles. The minimum absolute atomic E-state index is 0.00204. The molecular weight excluding hydrogens is 570 g/mol. The monoisotopic (exact) mass is 602 g/mol. The Labute approximate surface area is 252 Å². The summed E-state index contributed by atoms with van der Waals surface area (Å²) in [6.07, 6.45) is 7.63. The molecule has 0 unspecified atom stereocenters. The van der Waals surface area contributed by atoms with Gasteiger partial charge in [-0.3, -0.25) is 4.90 Å². The smallest absolute Gasteiger partial charge is 0.349 e. The molecule has 9 nitrogen and oxygen atoms in total. The summed E-state index contributed by atoms with van der Waals surface area (Å²) in [5.41, 5.74) is -0.221. The summed E-state index contributed by atoms with van der Waals surface area (Å²) >= 11 is 0. The molecule has 228 valence electrons. The van der Waals surface area contributed by atoms with Gasteiger partial charge in [0.15, 0.2) is 5.82 Å². The number of ether oxygens (including phenoxy) is 1. The van der Waals surface area contributed by atoms with E-state index < -0.39 is 23.2 Å². The van der Waals surface area contributed by atoms with Crippen LogP contribution in [0.15, 0.2) is 33.5 Å². The van der Waals surface area contributed by atoms with Crippen LogP contribution in [-0.2, 0) is 0 Å². The predicted octanol–water partition coefficient (Wildman–Crippen LogP) is 4.31. The van der Waals surface area contributed by atoms with Gasteiger partial charge in [0.05, 0.1) is 16.6 Å². The van der Waals surface area contributed by atoms with Crippen molar-refractivity contribution >= 4 is 27.5 Å². The molecule has 4 aromatic rings. The number of nitrogens with zero attached hydrogens (tertiary/aromatic N) is 4. The Morgan fingerprint density at radius 1 is 1.23 bits per heavy atom. The van der Waals surface area contributed by atoms with E-state index in [-0.39, 0.29) is 58.7 Å². The molecule has 44 heavy (non-hydrogen) atoms. The van der Waals surface area contributed by atoms with Gasteiger partial charge in [-0.1, -0.05) is 12.0 Å². The number of phenolic OH excluding ortho intramolecular Hbond substituents is 1. The zero-order valence-corrected chi connectivity index (χ0v) is 24.3. The number of aromatic nitrogens is 2. The minimum Gasteiger partial charge on any atom is -0.508 e. The average Bonchev–Trinajstić information content (AvgIpc) is 3.71. The molecule has 0 spiro atoms. The summed E-state index contributed by atoms with van der Waals surface area (Å²) in [7, 11) is 0. The topological polar surface area (TPSA) is 112 Å². The van der Waals surface area contributed by atoms with Crippen molar-refractivity contribution in [2.75, 3.05) is 44.3 Å². The van der Waals surface area contributed by atoms with Crippen LogP contribution in [0.4, 0.5) is 14.6 Å². The third-order valence-electron chi connectivity index (χ3n) is 9.48. The molecule has 5 heterocycles. The Balaban J connectivity index is 1.41. The van der Waals surface area contributed by atoms with Crippen LogP contribution >= 0.6 is 0 Å². The van der Waals surface area contributed by atoms with Crippen LogP contribution < -0.4 is 15.3 Å². The molecule has 0 aliphatic carbocycles. The van der Waals surface area contributed by atoms with Gasteiger partial charge >= 0.3 is 11.6 Å². The second kappa shape index (κ2) is 10.7. The number of anilines is 1. The Hall–Kier alpha value is -4.27. The van der Waals surface area contributed by atoms with Crippen LogP contribution in [0.25, 0.3) is 33.0 Å². The van der Waals surface area contributed by atoms with Crippen LogP contribution in [0.2, 0.25) is 0 Å². The third-order valence-corrected chi connectivity index (χ3v) is 9.48. The molecule has 3 fully saturated rings. The number of aliphatic hydroxyl groups is 1. The van der Waals surface area contributed by atoms with Gasteiger partial charge in [0, 0.05) is 55.1 Å². The zero-order chi connectivity index (χ0) is 30.7. The minimum atomic E-state index is -0.920. The highest BCUT2D eigenvalue weighted by molar-refractivity contribution is 6.03. The van der Waals surface area contributed by atoms with E-state index in [1.54, 1.807) is 6.92 Å². The number of rotatable bonds is 6. The number of aromatic hydroxyl groups is 1. The number of hydrogen-bond acceptors (Lipinski definition) is 9. The summed E-state index contributed by atoms with van der Waals surface area (Å²) in [6, 6.07) is 5.61. The lowest BCUT2D eigenvalue weighted by molar-refractivity contribution is 0.107. The summed E-state index contributed by atoms with van der Waals surface area (Å²) < 4.78 is 41.4. The fraction of sp³-hybridized carbons (Fsp3) is 0.424. The number of terminal acetylenes is 1. The highest BCUT2D eigenvalue weighted by atomic mass is 19.1. The fourth-order valence-corrected chi connectivity index (χ4v) is 7.33. The molecule has 3 saturated heterocycles. The van der Waals surface area contributed by atoms with Crippen molar-refractivity contribution in [3.05, 3.63) is 51.6 Å². The normalized spacial score (nSPS) is 23.5. The van der Waals surface area contributed by atoms with Crippen LogP contribution in [0.3, 0.4) is 0 Å². The molecule has 11 heteroatoms. The van der Waals surface area contributed by atoms with Crippen LogP contribution in [0, 0.1) is 31.0 Å². The Bertz CT molecular complexity index is 1910. The van der Waals surface area contributed by atoms with Gasteiger partial charge in [0.1, 0.15) is 35.5 Å². The number of phenols is 1. The van der Waals surface area contributed by atoms with Crippen molar-refractivity contribution in [2.24, 2.45) is 5.92 Å². The zero-order valence-electron chi connectivity index (χ0n) is 24.3. The van der Waals surface area contributed by atoms with Crippen LogP contribution in [0.1, 0.15) is 36.8 Å². The largest absolute Gasteiger partial charge is 0.508 e. The van der Waals surface area contributed by atoms with Gasteiger partial charge < -0.3 is 24.3 Å². The van der Waals surface area contributed by atoms with Crippen molar-refractivity contribution < 1.29 is 28.1 Å². The van der Waals surface area contributed by atoms with E-state index in [4.69, 9.17) is 15.6 Å². The van der Waals surface area contributed by atoms with Crippen molar-refractivity contribution in [2.45, 2.75) is 44.3 Å². The maximum atomic E-state index is 14.8. The molecule has 3 aliphatic rings. The van der Waals surface area contributed by atoms with E-state index in [1.165, 1.54) is 24.3 Å². The number of aryl methyl sites for hydroxylation is 1. The molecule has 2 aromatic heterocycles. The number of fused-ring (bicyclic) bond motifs is 3. The first kappa shape index (κ1) is 28.5. The third kappa shape index (κ3) is 4.55. The molecule has 0 saturated carbocycles. The molecule has 7 rings (SSSR count). The summed E-state index contributed by atoms with van der Waals surface area (Å²) in [5.74, 6) is 2.07. The van der Waals surface area contributed by atoms with Crippen molar-refractivity contribution in [3.63, 3.8) is 0 Å². The highest BCUT2D eigenvalue weighted by Crippen LogP contribution is 2.42. The van der Waals surface area contributed by atoms with E-state index >= 15 is 0 Å². The number of alkyl halides is 1. The first-order chi connectivity index (χ1) is 21.2. The van der Waals surface area contributed by atoms with Gasteiger partial charge in [0.25, 0.3) is 0 Å².